The van der Waals surface area contributed by atoms with Gasteiger partial charge in [0, 0.05) is 5.69 Å². The Hall–Kier alpha value is -3.22. The summed E-state index contributed by atoms with van der Waals surface area (Å²) in [6.45, 7) is 0. The first kappa shape index (κ1) is 16.6. The van der Waals surface area contributed by atoms with E-state index in [2.05, 4.69) is 5.32 Å². The van der Waals surface area contributed by atoms with E-state index >= 15 is 0 Å². The van der Waals surface area contributed by atoms with Gasteiger partial charge in [0.1, 0.15) is 11.9 Å². The molecule has 7 heteroatoms. The molecule has 1 aliphatic heterocycles. The van der Waals surface area contributed by atoms with Crippen molar-refractivity contribution in [1.82, 2.24) is 0 Å². The highest BCUT2D eigenvalue weighted by molar-refractivity contribution is 6.23. The summed E-state index contributed by atoms with van der Waals surface area (Å²) >= 11 is 0. The molecule has 2 aromatic rings. The normalized spacial score (nSPS) is 17.0. The van der Waals surface area contributed by atoms with Gasteiger partial charge in [0.05, 0.1) is 18.5 Å². The maximum atomic E-state index is 13.9. The number of aliphatic carboxylic acids is 1. The summed E-state index contributed by atoms with van der Waals surface area (Å²) in [6, 6.07) is 11.4. The molecule has 0 aliphatic carbocycles. The molecule has 6 nitrogen and oxygen atoms in total. The van der Waals surface area contributed by atoms with Crippen LogP contribution in [0, 0.1) is 5.82 Å². The van der Waals surface area contributed by atoms with Crippen molar-refractivity contribution < 1.29 is 23.9 Å². The zero-order valence-electron chi connectivity index (χ0n) is 13.1. The molecule has 1 aliphatic rings. The van der Waals surface area contributed by atoms with E-state index in [9.17, 15) is 18.8 Å². The molecule has 2 N–H and O–H groups in total. The number of rotatable bonds is 5. The number of nitrogens with one attached hydrogen (secondary N) is 1. The lowest BCUT2D eigenvalue weighted by Crippen LogP contribution is -2.35. The molecular formula is C18H15FN2O4. The standard InChI is InChI=1S/C18H15FN2O4/c19-13-3-1-2-4-15(13)21-16(22)10-14(18(21)25)20-12-7-5-11(6-8-12)9-17(23)24/h1-8,14,20H,9-10H2,(H,23,24). The average Bonchev–Trinajstić information content (AvgIpc) is 2.83. The summed E-state index contributed by atoms with van der Waals surface area (Å²) in [5, 5.41) is 11.7. The lowest BCUT2D eigenvalue weighted by molar-refractivity contribution is -0.136. The minimum absolute atomic E-state index is 0.0568. The number of benzene rings is 2. The number of anilines is 2. The number of para-hydroxylation sites is 1. The van der Waals surface area contributed by atoms with Crippen LogP contribution in [0.5, 0.6) is 0 Å². The Labute approximate surface area is 142 Å². The van der Waals surface area contributed by atoms with E-state index in [1.807, 2.05) is 0 Å². The van der Waals surface area contributed by atoms with Gasteiger partial charge in [0.15, 0.2) is 0 Å². The van der Waals surface area contributed by atoms with Crippen LogP contribution in [0.15, 0.2) is 48.5 Å². The van der Waals surface area contributed by atoms with Crippen molar-refractivity contribution in [2.45, 2.75) is 18.9 Å². The molecule has 0 bridgehead atoms. The number of imide groups is 1. The van der Waals surface area contributed by atoms with Gasteiger partial charge in [-0.1, -0.05) is 24.3 Å². The van der Waals surface area contributed by atoms with Gasteiger partial charge in [-0.2, -0.15) is 0 Å². The first-order valence-corrected chi connectivity index (χ1v) is 7.64. The highest BCUT2D eigenvalue weighted by Gasteiger charge is 2.40. The summed E-state index contributed by atoms with van der Waals surface area (Å²) in [7, 11) is 0. The van der Waals surface area contributed by atoms with Crippen molar-refractivity contribution in [3.05, 3.63) is 59.9 Å². The monoisotopic (exact) mass is 342 g/mol. The summed E-state index contributed by atoms with van der Waals surface area (Å²) in [4.78, 5) is 36.2. The van der Waals surface area contributed by atoms with Crippen LogP contribution in [0.4, 0.5) is 15.8 Å². The van der Waals surface area contributed by atoms with Gasteiger partial charge in [-0.05, 0) is 29.8 Å². The van der Waals surface area contributed by atoms with Crippen molar-refractivity contribution in [2.24, 2.45) is 0 Å². The topological polar surface area (TPSA) is 86.7 Å². The van der Waals surface area contributed by atoms with Crippen LogP contribution in [0.1, 0.15) is 12.0 Å². The molecular weight excluding hydrogens is 327 g/mol. The van der Waals surface area contributed by atoms with Crippen LogP contribution < -0.4 is 10.2 Å². The van der Waals surface area contributed by atoms with E-state index in [-0.39, 0.29) is 18.5 Å². The van der Waals surface area contributed by atoms with E-state index in [4.69, 9.17) is 5.11 Å². The Morgan fingerprint density at radius 1 is 1.16 bits per heavy atom. The number of carbonyl (C=O) groups is 3. The first-order valence-electron chi connectivity index (χ1n) is 7.64. The number of carboxylic acids is 1. The van der Waals surface area contributed by atoms with Gasteiger partial charge >= 0.3 is 5.97 Å². The van der Waals surface area contributed by atoms with Crippen LogP contribution in [-0.4, -0.2) is 28.9 Å². The van der Waals surface area contributed by atoms with Crippen LogP contribution in [0.3, 0.4) is 0 Å². The fraction of sp³-hybridized carbons (Fsp3) is 0.167. The second kappa shape index (κ2) is 6.72. The molecule has 1 unspecified atom stereocenters. The summed E-state index contributed by atoms with van der Waals surface area (Å²) in [5.41, 5.74) is 1.15. The third-order valence-corrected chi connectivity index (χ3v) is 3.89. The number of hydrogen-bond acceptors (Lipinski definition) is 4. The average molecular weight is 342 g/mol. The summed E-state index contributed by atoms with van der Waals surface area (Å²) < 4.78 is 13.9. The Bertz CT molecular complexity index is 835. The van der Waals surface area contributed by atoms with Crippen molar-refractivity contribution >= 4 is 29.2 Å². The minimum Gasteiger partial charge on any atom is -0.481 e. The zero-order chi connectivity index (χ0) is 18.0. The largest absolute Gasteiger partial charge is 0.481 e. The van der Waals surface area contributed by atoms with Crippen molar-refractivity contribution in [3.8, 4) is 0 Å². The van der Waals surface area contributed by atoms with Crippen LogP contribution in [0.25, 0.3) is 0 Å². The van der Waals surface area contributed by atoms with Crippen molar-refractivity contribution in [2.75, 3.05) is 10.2 Å². The number of nitrogens with zero attached hydrogens (tertiary/aromatic N) is 1. The first-order chi connectivity index (χ1) is 12.0. The van der Waals surface area contributed by atoms with E-state index in [1.54, 1.807) is 30.3 Å². The van der Waals surface area contributed by atoms with E-state index in [1.165, 1.54) is 18.2 Å². The van der Waals surface area contributed by atoms with Gasteiger partial charge in [0.25, 0.3) is 5.91 Å². The molecule has 1 fully saturated rings. The lowest BCUT2D eigenvalue weighted by atomic mass is 10.1. The van der Waals surface area contributed by atoms with Crippen LogP contribution in [0.2, 0.25) is 0 Å². The quantitative estimate of drug-likeness (QED) is 0.814. The Balaban J connectivity index is 1.74. The second-order valence-electron chi connectivity index (χ2n) is 5.69. The molecule has 0 saturated carbocycles. The fourth-order valence-electron chi connectivity index (χ4n) is 2.73. The molecule has 2 aromatic carbocycles. The second-order valence-corrected chi connectivity index (χ2v) is 5.69. The van der Waals surface area contributed by atoms with Gasteiger partial charge < -0.3 is 10.4 Å². The predicted molar refractivity (Wildman–Crippen MR) is 88.7 cm³/mol. The Kier molecular flexibility index (Phi) is 4.47. The van der Waals surface area contributed by atoms with Crippen molar-refractivity contribution in [1.29, 1.82) is 0 Å². The number of carbonyl (C=O) groups excluding carboxylic acids is 2. The van der Waals surface area contributed by atoms with Crippen molar-refractivity contribution in [3.63, 3.8) is 0 Å². The van der Waals surface area contributed by atoms with Gasteiger partial charge in [-0.3, -0.25) is 14.4 Å². The van der Waals surface area contributed by atoms with Crippen LogP contribution >= 0.6 is 0 Å². The number of amides is 2. The predicted octanol–water partition coefficient (Wildman–Crippen LogP) is 2.20. The maximum Gasteiger partial charge on any atom is 0.307 e. The smallest absolute Gasteiger partial charge is 0.307 e. The highest BCUT2D eigenvalue weighted by atomic mass is 19.1. The Morgan fingerprint density at radius 2 is 1.84 bits per heavy atom. The molecule has 25 heavy (non-hydrogen) atoms. The molecule has 1 atom stereocenters. The van der Waals surface area contributed by atoms with E-state index in [0.29, 0.717) is 11.3 Å². The number of carboxylic acid groups (broad SMARTS) is 1. The summed E-state index contributed by atoms with van der Waals surface area (Å²) in [5.74, 6) is -2.57. The maximum absolute atomic E-state index is 13.9. The third-order valence-electron chi connectivity index (χ3n) is 3.89. The van der Waals surface area contributed by atoms with Crippen LogP contribution in [-0.2, 0) is 20.8 Å². The Morgan fingerprint density at radius 3 is 2.48 bits per heavy atom. The van der Waals surface area contributed by atoms with Gasteiger partial charge in [-0.25, -0.2) is 9.29 Å². The summed E-state index contributed by atoms with van der Waals surface area (Å²) in [6.07, 6.45) is -0.174. The molecule has 128 valence electrons. The van der Waals surface area contributed by atoms with E-state index in [0.717, 1.165) is 4.90 Å². The minimum atomic E-state index is -0.933. The SMILES string of the molecule is O=C(O)Cc1ccc(NC2CC(=O)N(c3ccccc3F)C2=O)cc1. The molecule has 1 saturated heterocycles. The molecule has 0 spiro atoms. The van der Waals surface area contributed by atoms with E-state index < -0.39 is 29.6 Å². The third kappa shape index (κ3) is 3.50. The highest BCUT2D eigenvalue weighted by Crippen LogP contribution is 2.27. The molecule has 3 rings (SSSR count). The van der Waals surface area contributed by atoms with Gasteiger partial charge in [-0.15, -0.1) is 0 Å². The lowest BCUT2D eigenvalue weighted by Gasteiger charge is -2.16. The fourth-order valence-corrected chi connectivity index (χ4v) is 2.73. The molecule has 0 radical (unpaired) electrons. The molecule has 0 aromatic heterocycles. The van der Waals surface area contributed by atoms with Gasteiger partial charge in [0.2, 0.25) is 5.91 Å². The molecule has 2 amide bonds. The molecule has 1 heterocycles. The zero-order valence-corrected chi connectivity index (χ0v) is 13.1. The number of hydrogen-bond donors (Lipinski definition) is 2. The number of halogens is 1.